The van der Waals surface area contributed by atoms with E-state index in [1.165, 1.54) is 57.3 Å². The van der Waals surface area contributed by atoms with E-state index in [9.17, 15) is 0 Å². The maximum absolute atomic E-state index is 2.33. The van der Waals surface area contributed by atoms with Crippen LogP contribution in [0.15, 0.2) is 0 Å². The Morgan fingerprint density at radius 3 is 0.913 bits per heavy atom. The minimum absolute atomic E-state index is 1.12. The average Bonchev–Trinajstić information content (AvgIpc) is 2.74. The maximum Gasteiger partial charge on any atom is -0.00146 e. The number of benzene rings is 2. The fourth-order valence-electron chi connectivity index (χ4n) is 4.52. The van der Waals surface area contributed by atoms with Gasteiger partial charge in [-0.15, -0.1) is 0 Å². The van der Waals surface area contributed by atoms with E-state index in [2.05, 4.69) is 55.4 Å². The molecule has 1 aliphatic carbocycles. The van der Waals surface area contributed by atoms with Crippen LogP contribution in [-0.4, -0.2) is 0 Å². The summed E-state index contributed by atoms with van der Waals surface area (Å²) in [5.41, 5.74) is 18.5. The van der Waals surface area contributed by atoms with Crippen LogP contribution in [0.2, 0.25) is 0 Å². The molecule has 0 aliphatic heterocycles. The molecule has 0 aromatic heterocycles. The van der Waals surface area contributed by atoms with Crippen molar-refractivity contribution in [2.24, 2.45) is 0 Å². The molecule has 3 rings (SSSR count). The van der Waals surface area contributed by atoms with Gasteiger partial charge in [0.15, 0.2) is 0 Å². The molecule has 0 spiro atoms. The minimum atomic E-state index is 1.12. The fraction of sp³-hybridized carbons (Fsp3) is 0.478. The van der Waals surface area contributed by atoms with Crippen LogP contribution < -0.4 is 0 Å². The third-order valence-corrected chi connectivity index (χ3v) is 6.89. The highest BCUT2D eigenvalue weighted by molar-refractivity contribution is 5.58. The molecule has 0 bridgehead atoms. The van der Waals surface area contributed by atoms with Crippen LogP contribution in [0.4, 0.5) is 0 Å². The maximum atomic E-state index is 2.33. The van der Waals surface area contributed by atoms with Crippen molar-refractivity contribution in [1.82, 2.24) is 0 Å². The molecule has 23 heavy (non-hydrogen) atoms. The molecule has 0 amide bonds. The first-order valence-electron chi connectivity index (χ1n) is 8.91. The summed E-state index contributed by atoms with van der Waals surface area (Å²) < 4.78 is 0. The van der Waals surface area contributed by atoms with Crippen molar-refractivity contribution in [3.8, 4) is 0 Å². The second-order valence-corrected chi connectivity index (χ2v) is 7.59. The van der Waals surface area contributed by atoms with E-state index >= 15 is 0 Å². The number of fused-ring (bicyclic) bond motifs is 2. The van der Waals surface area contributed by atoms with Gasteiger partial charge in [0.1, 0.15) is 0 Å². The normalized spacial score (nSPS) is 13.6. The summed E-state index contributed by atoms with van der Waals surface area (Å²) in [5.74, 6) is 0. The summed E-state index contributed by atoms with van der Waals surface area (Å²) >= 11 is 0. The van der Waals surface area contributed by atoms with E-state index in [1.807, 2.05) is 0 Å². The third-order valence-electron chi connectivity index (χ3n) is 6.89. The second kappa shape index (κ2) is 5.51. The minimum Gasteiger partial charge on any atom is -0.0447 e. The van der Waals surface area contributed by atoms with Crippen LogP contribution in [0.5, 0.6) is 0 Å². The number of rotatable bonds is 0. The summed E-state index contributed by atoms with van der Waals surface area (Å²) in [4.78, 5) is 0. The highest BCUT2D eigenvalue weighted by Crippen LogP contribution is 2.37. The Hall–Kier alpha value is -1.56. The van der Waals surface area contributed by atoms with Gasteiger partial charge in [-0.2, -0.15) is 0 Å². The van der Waals surface area contributed by atoms with Crippen molar-refractivity contribution in [3.63, 3.8) is 0 Å². The molecule has 1 aliphatic rings. The molecule has 2 aromatic carbocycles. The van der Waals surface area contributed by atoms with E-state index < -0.39 is 0 Å². The van der Waals surface area contributed by atoms with Crippen molar-refractivity contribution >= 4 is 0 Å². The van der Waals surface area contributed by atoms with E-state index in [0.29, 0.717) is 0 Å². The SMILES string of the molecule is Cc1c(C)c(C)c2c(c1C)CCc1c(C)c(C)c(C)c(C)c1C2. The predicted octanol–water partition coefficient (Wildman–Crippen LogP) is 5.84. The number of hydrogen-bond donors (Lipinski definition) is 0. The van der Waals surface area contributed by atoms with Gasteiger partial charge in [-0.3, -0.25) is 0 Å². The average molecular weight is 306 g/mol. The summed E-state index contributed by atoms with van der Waals surface area (Å²) in [6.07, 6.45) is 3.50. The summed E-state index contributed by atoms with van der Waals surface area (Å²) in [6.45, 7) is 18.5. The van der Waals surface area contributed by atoms with Crippen molar-refractivity contribution < 1.29 is 0 Å². The highest BCUT2D eigenvalue weighted by atomic mass is 14.3. The quantitative estimate of drug-likeness (QED) is 0.573. The molecule has 2 aromatic rings. The van der Waals surface area contributed by atoms with Crippen molar-refractivity contribution in [3.05, 3.63) is 66.8 Å². The Kier molecular flexibility index (Phi) is 3.91. The molecule has 0 fully saturated rings. The lowest BCUT2D eigenvalue weighted by Crippen LogP contribution is -2.06. The van der Waals surface area contributed by atoms with Gasteiger partial charge in [0.2, 0.25) is 0 Å². The van der Waals surface area contributed by atoms with Gasteiger partial charge < -0.3 is 0 Å². The molecule has 0 heteroatoms. The standard InChI is InChI=1S/C23H30/c1-12-14(3)18(7)22-11-23-19(8)15(4)13(2)17(6)21(23)10-9-20(22)16(12)5/h9-11H2,1-8H3. The Bertz CT molecular complexity index is 750. The lowest BCUT2D eigenvalue weighted by Gasteiger charge is -2.21. The molecular weight excluding hydrogens is 276 g/mol. The van der Waals surface area contributed by atoms with Gasteiger partial charge in [0, 0.05) is 0 Å². The van der Waals surface area contributed by atoms with Gasteiger partial charge in [-0.1, -0.05) is 0 Å². The molecule has 0 unspecified atom stereocenters. The summed E-state index contributed by atoms with van der Waals surface area (Å²) in [5, 5.41) is 0. The lowest BCUT2D eigenvalue weighted by atomic mass is 9.84. The largest absolute Gasteiger partial charge is 0.0447 e. The lowest BCUT2D eigenvalue weighted by molar-refractivity contribution is 0.928. The third kappa shape index (κ3) is 2.26. The van der Waals surface area contributed by atoms with Gasteiger partial charge >= 0.3 is 0 Å². The zero-order chi connectivity index (χ0) is 17.0. The van der Waals surface area contributed by atoms with E-state index in [1.54, 1.807) is 22.3 Å². The zero-order valence-electron chi connectivity index (χ0n) is 16.1. The molecule has 0 heterocycles. The first-order chi connectivity index (χ1) is 10.8. The molecule has 122 valence electrons. The van der Waals surface area contributed by atoms with Crippen LogP contribution in [0.25, 0.3) is 0 Å². The Morgan fingerprint density at radius 1 is 0.348 bits per heavy atom. The van der Waals surface area contributed by atoms with Gasteiger partial charge in [-0.25, -0.2) is 0 Å². The van der Waals surface area contributed by atoms with E-state index in [-0.39, 0.29) is 0 Å². The topological polar surface area (TPSA) is 0 Å². The first kappa shape index (κ1) is 16.3. The van der Waals surface area contributed by atoms with Crippen LogP contribution in [0.3, 0.4) is 0 Å². The zero-order valence-corrected chi connectivity index (χ0v) is 16.1. The van der Waals surface area contributed by atoms with Crippen molar-refractivity contribution in [2.75, 3.05) is 0 Å². The Labute approximate surface area is 141 Å². The van der Waals surface area contributed by atoms with Crippen LogP contribution >= 0.6 is 0 Å². The summed E-state index contributed by atoms with van der Waals surface area (Å²) in [7, 11) is 0. The van der Waals surface area contributed by atoms with Crippen molar-refractivity contribution in [1.29, 1.82) is 0 Å². The van der Waals surface area contributed by atoms with E-state index in [0.717, 1.165) is 6.42 Å². The molecule has 0 nitrogen and oxygen atoms in total. The molecule has 0 N–H and O–H groups in total. The molecule has 0 radical (unpaired) electrons. The van der Waals surface area contributed by atoms with Crippen LogP contribution in [-0.2, 0) is 19.3 Å². The predicted molar refractivity (Wildman–Crippen MR) is 101 cm³/mol. The van der Waals surface area contributed by atoms with Gasteiger partial charge in [-0.05, 0) is 141 Å². The van der Waals surface area contributed by atoms with E-state index in [4.69, 9.17) is 0 Å². The van der Waals surface area contributed by atoms with Crippen molar-refractivity contribution in [2.45, 2.75) is 74.7 Å². The van der Waals surface area contributed by atoms with Gasteiger partial charge in [0.25, 0.3) is 0 Å². The monoisotopic (exact) mass is 306 g/mol. The fourth-order valence-corrected chi connectivity index (χ4v) is 4.52. The van der Waals surface area contributed by atoms with Gasteiger partial charge in [0.05, 0.1) is 0 Å². The first-order valence-corrected chi connectivity index (χ1v) is 8.91. The summed E-state index contributed by atoms with van der Waals surface area (Å²) in [6, 6.07) is 0. The van der Waals surface area contributed by atoms with Crippen LogP contribution in [0, 0.1) is 55.4 Å². The smallest absolute Gasteiger partial charge is 0.00146 e. The van der Waals surface area contributed by atoms with Crippen LogP contribution in [0.1, 0.15) is 66.8 Å². The molecule has 0 saturated heterocycles. The number of hydrogen-bond acceptors (Lipinski definition) is 0. The Morgan fingerprint density at radius 2 is 0.609 bits per heavy atom. The Balaban J connectivity index is 2.31. The highest BCUT2D eigenvalue weighted by Gasteiger charge is 2.23. The second-order valence-electron chi connectivity index (χ2n) is 7.59. The molecular formula is C23H30. The molecule has 0 saturated carbocycles. The molecule has 0 atom stereocenters.